The first kappa shape index (κ1) is 21.4. The van der Waals surface area contributed by atoms with Crippen molar-refractivity contribution in [2.75, 3.05) is 36.1 Å². The van der Waals surface area contributed by atoms with Gasteiger partial charge in [-0.25, -0.2) is 14.4 Å². The first-order chi connectivity index (χ1) is 15.5. The van der Waals surface area contributed by atoms with Crippen LogP contribution in [0.5, 0.6) is 5.88 Å². The van der Waals surface area contributed by atoms with Crippen LogP contribution in [0.25, 0.3) is 11.4 Å². The predicted molar refractivity (Wildman–Crippen MR) is 118 cm³/mol. The summed E-state index contributed by atoms with van der Waals surface area (Å²) < 4.78 is 19.6. The number of ether oxygens (including phenoxy) is 1. The number of methoxy groups -OCH3 is 1. The van der Waals surface area contributed by atoms with E-state index in [1.165, 1.54) is 19.5 Å². The third-order valence-corrected chi connectivity index (χ3v) is 5.13. The van der Waals surface area contributed by atoms with Crippen molar-refractivity contribution >= 4 is 23.0 Å². The fourth-order valence-electron chi connectivity index (χ4n) is 3.59. The maximum absolute atomic E-state index is 14.6. The van der Waals surface area contributed by atoms with Gasteiger partial charge >= 0.3 is 0 Å². The third-order valence-electron chi connectivity index (χ3n) is 5.13. The maximum atomic E-state index is 14.6. The van der Waals surface area contributed by atoms with E-state index >= 15 is 0 Å². The first-order valence-corrected chi connectivity index (χ1v) is 10.0. The van der Waals surface area contributed by atoms with E-state index in [4.69, 9.17) is 16.2 Å². The molecular weight excluding hydrogens is 415 g/mol. The van der Waals surface area contributed by atoms with Gasteiger partial charge in [0.15, 0.2) is 11.5 Å². The number of nitrogens with zero attached hydrogens (tertiary/aromatic N) is 5. The Morgan fingerprint density at radius 1 is 1.28 bits per heavy atom. The number of rotatable bonds is 5. The number of hydrogen-bond acceptors (Lipinski definition) is 9. The predicted octanol–water partition coefficient (Wildman–Crippen LogP) is 1.84. The lowest BCUT2D eigenvalue weighted by Gasteiger charge is -2.33. The van der Waals surface area contributed by atoms with Crippen LogP contribution in [0.2, 0.25) is 0 Å². The molecule has 32 heavy (non-hydrogen) atoms. The quantitative estimate of drug-likeness (QED) is 0.543. The second-order valence-corrected chi connectivity index (χ2v) is 7.40. The lowest BCUT2D eigenvalue weighted by atomic mass is 10.1. The Labute approximate surface area is 183 Å². The fraction of sp³-hybridized carbons (Fsp3) is 0.286. The van der Waals surface area contributed by atoms with E-state index in [2.05, 4.69) is 30.2 Å². The Bertz CT molecular complexity index is 1140. The van der Waals surface area contributed by atoms with Crippen molar-refractivity contribution < 1.29 is 13.9 Å². The van der Waals surface area contributed by atoms with Crippen molar-refractivity contribution in [3.05, 3.63) is 48.4 Å². The Morgan fingerprint density at radius 3 is 2.91 bits per heavy atom. The molecule has 10 nitrogen and oxygen atoms in total. The van der Waals surface area contributed by atoms with E-state index in [1.807, 2.05) is 6.07 Å². The summed E-state index contributed by atoms with van der Waals surface area (Å²) in [6.45, 7) is 1.48. The Kier molecular flexibility index (Phi) is 6.08. The normalized spacial score (nSPS) is 16.0. The summed E-state index contributed by atoms with van der Waals surface area (Å²) >= 11 is 0. The zero-order valence-electron chi connectivity index (χ0n) is 17.5. The highest BCUT2D eigenvalue weighted by atomic mass is 19.1. The van der Waals surface area contributed by atoms with Crippen LogP contribution in [0, 0.1) is 5.82 Å². The molecule has 0 aliphatic carbocycles. The number of amides is 1. The molecule has 3 aromatic heterocycles. The molecule has 0 spiro atoms. The van der Waals surface area contributed by atoms with Gasteiger partial charge in [0.2, 0.25) is 5.88 Å². The average molecular weight is 438 g/mol. The SMILES string of the molecule is COc1cncc(-c2nc(C(=O)Nc3cnccc3N3CCCC(N)C3)c(N)cc2F)n1. The molecule has 4 rings (SSSR count). The van der Waals surface area contributed by atoms with Gasteiger partial charge < -0.3 is 26.4 Å². The Balaban J connectivity index is 1.65. The Hall–Kier alpha value is -3.86. The molecule has 1 fully saturated rings. The van der Waals surface area contributed by atoms with Gasteiger partial charge in [-0.15, -0.1) is 0 Å². The first-order valence-electron chi connectivity index (χ1n) is 10.0. The zero-order chi connectivity index (χ0) is 22.7. The third kappa shape index (κ3) is 4.42. The second kappa shape index (κ2) is 9.10. The molecule has 3 aromatic rings. The van der Waals surface area contributed by atoms with Crippen molar-refractivity contribution in [3.63, 3.8) is 0 Å². The average Bonchev–Trinajstić information content (AvgIpc) is 2.79. The van der Waals surface area contributed by atoms with Gasteiger partial charge in [-0.05, 0) is 18.9 Å². The lowest BCUT2D eigenvalue weighted by Crippen LogP contribution is -2.43. The number of nitrogen functional groups attached to an aromatic ring is 1. The van der Waals surface area contributed by atoms with Gasteiger partial charge in [0.05, 0.1) is 42.8 Å². The van der Waals surface area contributed by atoms with Crippen LogP contribution >= 0.6 is 0 Å². The lowest BCUT2D eigenvalue weighted by molar-refractivity contribution is 0.102. The van der Waals surface area contributed by atoms with E-state index in [-0.39, 0.29) is 34.7 Å². The minimum absolute atomic E-state index is 0.0569. The highest BCUT2D eigenvalue weighted by Gasteiger charge is 2.23. The molecule has 1 amide bonds. The molecule has 4 heterocycles. The van der Waals surface area contributed by atoms with Crippen LogP contribution in [0.15, 0.2) is 36.9 Å². The molecule has 1 atom stereocenters. The van der Waals surface area contributed by atoms with Crippen molar-refractivity contribution in [2.24, 2.45) is 5.73 Å². The molecule has 1 aliphatic rings. The number of pyridine rings is 2. The highest BCUT2D eigenvalue weighted by Crippen LogP contribution is 2.29. The van der Waals surface area contributed by atoms with E-state index in [9.17, 15) is 9.18 Å². The summed E-state index contributed by atoms with van der Waals surface area (Å²) in [4.78, 5) is 31.5. The van der Waals surface area contributed by atoms with Gasteiger partial charge in [0.25, 0.3) is 5.91 Å². The monoisotopic (exact) mass is 438 g/mol. The molecule has 0 aromatic carbocycles. The van der Waals surface area contributed by atoms with Crippen LogP contribution in [0.1, 0.15) is 23.3 Å². The minimum atomic E-state index is -0.731. The molecule has 0 saturated carbocycles. The number of aromatic nitrogens is 4. The van der Waals surface area contributed by atoms with Gasteiger partial charge in [-0.2, -0.15) is 0 Å². The van der Waals surface area contributed by atoms with Gasteiger partial charge in [0.1, 0.15) is 11.4 Å². The number of nitrogens with one attached hydrogen (secondary N) is 1. The molecule has 0 bridgehead atoms. The molecular formula is C21H23FN8O2. The van der Waals surface area contributed by atoms with Gasteiger partial charge in [-0.3, -0.25) is 14.8 Å². The number of carbonyl (C=O) groups is 1. The van der Waals surface area contributed by atoms with Crippen molar-refractivity contribution in [1.29, 1.82) is 0 Å². The molecule has 166 valence electrons. The minimum Gasteiger partial charge on any atom is -0.480 e. The van der Waals surface area contributed by atoms with Crippen LogP contribution in [0.4, 0.5) is 21.5 Å². The molecule has 1 aliphatic heterocycles. The largest absolute Gasteiger partial charge is 0.480 e. The number of nitrogens with two attached hydrogens (primary N) is 2. The van der Waals surface area contributed by atoms with E-state index in [0.29, 0.717) is 12.2 Å². The topological polar surface area (TPSA) is 145 Å². The Morgan fingerprint density at radius 2 is 2.12 bits per heavy atom. The van der Waals surface area contributed by atoms with E-state index in [0.717, 1.165) is 31.1 Å². The summed E-state index contributed by atoms with van der Waals surface area (Å²) in [5.74, 6) is -1.15. The van der Waals surface area contributed by atoms with E-state index in [1.54, 1.807) is 12.4 Å². The van der Waals surface area contributed by atoms with Gasteiger partial charge in [-0.1, -0.05) is 0 Å². The van der Waals surface area contributed by atoms with Crippen molar-refractivity contribution in [2.45, 2.75) is 18.9 Å². The number of piperidine rings is 1. The highest BCUT2D eigenvalue weighted by molar-refractivity contribution is 6.07. The van der Waals surface area contributed by atoms with Crippen LogP contribution < -0.4 is 26.4 Å². The van der Waals surface area contributed by atoms with Crippen LogP contribution in [-0.2, 0) is 0 Å². The van der Waals surface area contributed by atoms with Crippen molar-refractivity contribution in [3.8, 4) is 17.3 Å². The zero-order valence-corrected chi connectivity index (χ0v) is 17.5. The van der Waals surface area contributed by atoms with Crippen LogP contribution in [0.3, 0.4) is 0 Å². The van der Waals surface area contributed by atoms with Gasteiger partial charge in [0, 0.05) is 31.4 Å². The number of anilines is 3. The summed E-state index contributed by atoms with van der Waals surface area (Å²) in [5.41, 5.74) is 13.0. The number of halogens is 1. The fourth-order valence-corrected chi connectivity index (χ4v) is 3.59. The standard InChI is InChI=1S/C21H23FN8O2/c1-32-18-10-26-9-16(27-18)19-13(22)7-14(24)20(29-19)21(31)28-15-8-25-5-4-17(15)30-6-2-3-12(23)11-30/h4-5,7-10,12H,2-3,6,11,23-24H2,1H3,(H,28,31). The molecule has 5 N–H and O–H groups in total. The second-order valence-electron chi connectivity index (χ2n) is 7.40. The summed E-state index contributed by atoms with van der Waals surface area (Å²) in [6.07, 6.45) is 7.80. The van der Waals surface area contributed by atoms with Crippen molar-refractivity contribution in [1.82, 2.24) is 19.9 Å². The molecule has 11 heteroatoms. The number of hydrogen-bond donors (Lipinski definition) is 3. The molecule has 1 unspecified atom stereocenters. The molecule has 1 saturated heterocycles. The van der Waals surface area contributed by atoms with Crippen LogP contribution in [-0.4, -0.2) is 52.1 Å². The molecule has 0 radical (unpaired) electrons. The summed E-state index contributed by atoms with van der Waals surface area (Å²) in [5, 5.41) is 2.79. The smallest absolute Gasteiger partial charge is 0.276 e. The number of carbonyl (C=O) groups excluding carboxylic acids is 1. The van der Waals surface area contributed by atoms with E-state index < -0.39 is 11.7 Å². The maximum Gasteiger partial charge on any atom is 0.276 e. The summed E-state index contributed by atoms with van der Waals surface area (Å²) in [6, 6.07) is 2.90. The summed E-state index contributed by atoms with van der Waals surface area (Å²) in [7, 11) is 1.42.